The van der Waals surface area contributed by atoms with E-state index < -0.39 is 0 Å². The van der Waals surface area contributed by atoms with Crippen LogP contribution in [0.25, 0.3) is 0 Å². The van der Waals surface area contributed by atoms with Crippen LogP contribution in [0.2, 0.25) is 0 Å². The SMILES string of the molecule is COCCCOc1ccc(C(=O)N(C)[C@H](C)CC#N)cn1. The van der Waals surface area contributed by atoms with Gasteiger partial charge in [0.2, 0.25) is 5.88 Å². The number of rotatable bonds is 8. The summed E-state index contributed by atoms with van der Waals surface area (Å²) in [6.07, 6.45) is 2.58. The zero-order chi connectivity index (χ0) is 15.7. The number of hydrogen-bond donors (Lipinski definition) is 0. The first kappa shape index (κ1) is 16.9. The second kappa shape index (κ2) is 8.93. The Balaban J connectivity index is 2.57. The maximum Gasteiger partial charge on any atom is 0.255 e. The van der Waals surface area contributed by atoms with E-state index in [-0.39, 0.29) is 11.9 Å². The molecule has 1 heterocycles. The zero-order valence-corrected chi connectivity index (χ0v) is 12.7. The highest BCUT2D eigenvalue weighted by Gasteiger charge is 2.17. The fraction of sp³-hybridized carbons (Fsp3) is 0.533. The maximum absolute atomic E-state index is 12.2. The van der Waals surface area contributed by atoms with Gasteiger partial charge in [-0.3, -0.25) is 4.79 Å². The van der Waals surface area contributed by atoms with Gasteiger partial charge in [0.15, 0.2) is 0 Å². The minimum absolute atomic E-state index is 0.132. The number of carbonyl (C=O) groups excluding carboxylic acids is 1. The molecule has 1 aromatic rings. The molecule has 0 radical (unpaired) electrons. The van der Waals surface area contributed by atoms with Crippen molar-refractivity contribution in [3.05, 3.63) is 23.9 Å². The van der Waals surface area contributed by atoms with Gasteiger partial charge in [0.25, 0.3) is 5.91 Å². The van der Waals surface area contributed by atoms with Gasteiger partial charge in [-0.15, -0.1) is 0 Å². The normalized spacial score (nSPS) is 11.5. The molecule has 0 saturated carbocycles. The molecule has 1 rings (SSSR count). The third-order valence-electron chi connectivity index (χ3n) is 3.09. The molecule has 6 heteroatoms. The number of pyridine rings is 1. The summed E-state index contributed by atoms with van der Waals surface area (Å²) >= 11 is 0. The molecule has 0 fully saturated rings. The van der Waals surface area contributed by atoms with Crippen LogP contribution in [0, 0.1) is 11.3 Å². The Morgan fingerprint density at radius 1 is 1.48 bits per heavy atom. The molecule has 0 aliphatic rings. The van der Waals surface area contributed by atoms with Crippen LogP contribution in [0.3, 0.4) is 0 Å². The molecule has 6 nitrogen and oxygen atoms in total. The fourth-order valence-electron chi connectivity index (χ4n) is 1.65. The highest BCUT2D eigenvalue weighted by molar-refractivity contribution is 5.94. The Kier molecular flexibility index (Phi) is 7.19. The van der Waals surface area contributed by atoms with Crippen molar-refractivity contribution in [3.8, 4) is 11.9 Å². The minimum atomic E-state index is -0.156. The maximum atomic E-state index is 12.2. The second-order valence-electron chi connectivity index (χ2n) is 4.71. The average molecular weight is 291 g/mol. The van der Waals surface area contributed by atoms with Crippen LogP contribution in [0.4, 0.5) is 0 Å². The average Bonchev–Trinajstić information content (AvgIpc) is 2.51. The summed E-state index contributed by atoms with van der Waals surface area (Å²) in [7, 11) is 3.32. The van der Waals surface area contributed by atoms with Crippen molar-refractivity contribution < 1.29 is 14.3 Å². The predicted molar refractivity (Wildman–Crippen MR) is 78.0 cm³/mol. The van der Waals surface area contributed by atoms with Crippen molar-refractivity contribution in [2.24, 2.45) is 0 Å². The van der Waals surface area contributed by atoms with Crippen LogP contribution in [0.1, 0.15) is 30.1 Å². The molecule has 0 aliphatic carbocycles. The lowest BCUT2D eigenvalue weighted by molar-refractivity contribution is 0.0745. The topological polar surface area (TPSA) is 75.5 Å². The first-order chi connectivity index (χ1) is 10.1. The van der Waals surface area contributed by atoms with Crippen molar-refractivity contribution in [2.75, 3.05) is 27.4 Å². The van der Waals surface area contributed by atoms with Crippen LogP contribution in [-0.2, 0) is 4.74 Å². The predicted octanol–water partition coefficient (Wildman–Crippen LogP) is 1.87. The number of nitriles is 1. The molecular formula is C15H21N3O3. The van der Waals surface area contributed by atoms with Crippen molar-refractivity contribution in [3.63, 3.8) is 0 Å². The molecule has 0 aliphatic heterocycles. The van der Waals surface area contributed by atoms with Gasteiger partial charge in [0.1, 0.15) is 0 Å². The van der Waals surface area contributed by atoms with Crippen molar-refractivity contribution in [1.29, 1.82) is 5.26 Å². The van der Waals surface area contributed by atoms with Crippen LogP contribution >= 0.6 is 0 Å². The van der Waals surface area contributed by atoms with E-state index in [0.717, 1.165) is 6.42 Å². The minimum Gasteiger partial charge on any atom is -0.478 e. The van der Waals surface area contributed by atoms with E-state index in [0.29, 0.717) is 31.1 Å². The molecule has 0 saturated heterocycles. The lowest BCUT2D eigenvalue weighted by atomic mass is 10.2. The molecule has 1 aromatic heterocycles. The second-order valence-corrected chi connectivity index (χ2v) is 4.71. The smallest absolute Gasteiger partial charge is 0.255 e. The summed E-state index contributed by atoms with van der Waals surface area (Å²) < 4.78 is 10.4. The van der Waals surface area contributed by atoms with Gasteiger partial charge in [0.05, 0.1) is 24.7 Å². The molecule has 21 heavy (non-hydrogen) atoms. The van der Waals surface area contributed by atoms with Crippen molar-refractivity contribution in [2.45, 2.75) is 25.8 Å². The summed E-state index contributed by atoms with van der Waals surface area (Å²) in [6.45, 7) is 2.99. The van der Waals surface area contributed by atoms with Gasteiger partial charge in [-0.2, -0.15) is 5.26 Å². The van der Waals surface area contributed by atoms with Crippen LogP contribution in [0.15, 0.2) is 18.3 Å². The number of aromatic nitrogens is 1. The quantitative estimate of drug-likeness (QED) is 0.683. The molecule has 0 N–H and O–H groups in total. The van der Waals surface area contributed by atoms with E-state index in [9.17, 15) is 4.79 Å². The van der Waals surface area contributed by atoms with E-state index >= 15 is 0 Å². The first-order valence-electron chi connectivity index (χ1n) is 6.82. The Hall–Kier alpha value is -2.13. The van der Waals surface area contributed by atoms with Gasteiger partial charge in [-0.05, 0) is 13.0 Å². The van der Waals surface area contributed by atoms with E-state index in [1.54, 1.807) is 31.2 Å². The Labute approximate surface area is 125 Å². The zero-order valence-electron chi connectivity index (χ0n) is 12.7. The largest absolute Gasteiger partial charge is 0.478 e. The number of nitrogens with zero attached hydrogens (tertiary/aromatic N) is 3. The van der Waals surface area contributed by atoms with Gasteiger partial charge in [0, 0.05) is 45.5 Å². The van der Waals surface area contributed by atoms with E-state index in [1.807, 2.05) is 6.92 Å². The van der Waals surface area contributed by atoms with Crippen LogP contribution < -0.4 is 4.74 Å². The fourth-order valence-corrected chi connectivity index (χ4v) is 1.65. The summed E-state index contributed by atoms with van der Waals surface area (Å²) in [5, 5.41) is 8.67. The first-order valence-corrected chi connectivity index (χ1v) is 6.82. The van der Waals surface area contributed by atoms with Gasteiger partial charge in [-0.1, -0.05) is 0 Å². The van der Waals surface area contributed by atoms with Gasteiger partial charge >= 0.3 is 0 Å². The number of carbonyl (C=O) groups is 1. The van der Waals surface area contributed by atoms with E-state index in [1.165, 1.54) is 6.20 Å². The standard InChI is InChI=1S/C15H21N3O3/c1-12(7-8-16)18(2)15(19)13-5-6-14(17-11-13)21-10-4-9-20-3/h5-6,11-12H,4,7,9-10H2,1-3H3/t12-/m1/s1. The van der Waals surface area contributed by atoms with Crippen molar-refractivity contribution in [1.82, 2.24) is 9.88 Å². The molecule has 0 spiro atoms. The van der Waals surface area contributed by atoms with Gasteiger partial charge in [-0.25, -0.2) is 4.98 Å². The Bertz CT molecular complexity index is 482. The molecule has 0 aromatic carbocycles. The third kappa shape index (κ3) is 5.40. The third-order valence-corrected chi connectivity index (χ3v) is 3.09. The van der Waals surface area contributed by atoms with Crippen LogP contribution in [-0.4, -0.2) is 49.2 Å². The molecule has 1 amide bonds. The molecule has 114 valence electrons. The van der Waals surface area contributed by atoms with Crippen molar-refractivity contribution >= 4 is 5.91 Å². The lowest BCUT2D eigenvalue weighted by Gasteiger charge is -2.22. The van der Waals surface area contributed by atoms with E-state index in [2.05, 4.69) is 11.1 Å². The van der Waals surface area contributed by atoms with Gasteiger partial charge < -0.3 is 14.4 Å². The lowest BCUT2D eigenvalue weighted by Crippen LogP contribution is -2.34. The Morgan fingerprint density at radius 3 is 2.81 bits per heavy atom. The summed E-state index contributed by atoms with van der Waals surface area (Å²) in [6, 6.07) is 5.27. The van der Waals surface area contributed by atoms with E-state index in [4.69, 9.17) is 14.7 Å². The van der Waals surface area contributed by atoms with Crippen LogP contribution in [0.5, 0.6) is 5.88 Å². The number of methoxy groups -OCH3 is 1. The summed E-state index contributed by atoms with van der Waals surface area (Å²) in [4.78, 5) is 17.8. The summed E-state index contributed by atoms with van der Waals surface area (Å²) in [5.41, 5.74) is 0.478. The molecule has 0 unspecified atom stereocenters. The summed E-state index contributed by atoms with van der Waals surface area (Å²) in [5.74, 6) is 0.326. The molecule has 1 atom stereocenters. The highest BCUT2D eigenvalue weighted by Crippen LogP contribution is 2.12. The number of ether oxygens (including phenoxy) is 2. The molecule has 0 bridgehead atoms. The highest BCUT2D eigenvalue weighted by atomic mass is 16.5. The number of amides is 1. The monoisotopic (exact) mass is 291 g/mol. The molecular weight excluding hydrogens is 270 g/mol. The number of hydrogen-bond acceptors (Lipinski definition) is 5. The Morgan fingerprint density at radius 2 is 2.24 bits per heavy atom.